The predicted octanol–water partition coefficient (Wildman–Crippen LogP) is 5.27. The Morgan fingerprint density at radius 2 is 1.92 bits per heavy atom. The van der Waals surface area contributed by atoms with E-state index in [4.69, 9.17) is 9.84 Å². The summed E-state index contributed by atoms with van der Waals surface area (Å²) in [4.78, 5) is 10.5. The van der Waals surface area contributed by atoms with Crippen molar-refractivity contribution in [2.24, 2.45) is 0 Å². The first-order valence-corrected chi connectivity index (χ1v) is 9.01. The van der Waals surface area contributed by atoms with Crippen LogP contribution in [0.4, 0.5) is 5.69 Å². The smallest absolute Gasteiger partial charge is 0.303 e. The van der Waals surface area contributed by atoms with E-state index in [1.807, 2.05) is 54.6 Å². The summed E-state index contributed by atoms with van der Waals surface area (Å²) in [5, 5.41) is 12.0. The van der Waals surface area contributed by atoms with Crippen LogP contribution in [0.3, 0.4) is 0 Å². The standard InChI is InChI=1S/C22H27NO3/c1-18(9-4-2-7-14-22(24)25)16-23-20-12-8-13-21(15-20)26-17-19-10-5-3-6-11-19/h3,5-6,8-13,15,23H,2,4,7,14,16-17H2,1H3,(H,24,25). The molecule has 0 fully saturated rings. The first-order valence-electron chi connectivity index (χ1n) is 9.01. The van der Waals surface area contributed by atoms with Gasteiger partial charge in [-0.3, -0.25) is 4.79 Å². The summed E-state index contributed by atoms with van der Waals surface area (Å²) in [5.41, 5.74) is 3.41. The lowest BCUT2D eigenvalue weighted by molar-refractivity contribution is -0.137. The normalized spacial score (nSPS) is 11.2. The molecule has 26 heavy (non-hydrogen) atoms. The Morgan fingerprint density at radius 3 is 2.69 bits per heavy atom. The number of carboxylic acids is 1. The molecule has 0 saturated carbocycles. The molecule has 0 radical (unpaired) electrons. The molecule has 2 N–H and O–H groups in total. The summed E-state index contributed by atoms with van der Waals surface area (Å²) >= 11 is 0. The maximum atomic E-state index is 10.5. The van der Waals surface area contributed by atoms with Gasteiger partial charge in [0, 0.05) is 24.7 Å². The fourth-order valence-corrected chi connectivity index (χ4v) is 2.52. The van der Waals surface area contributed by atoms with E-state index in [0.717, 1.165) is 42.8 Å². The number of allylic oxidation sites excluding steroid dienone is 1. The van der Waals surface area contributed by atoms with Gasteiger partial charge in [-0.2, -0.15) is 0 Å². The Hall–Kier alpha value is -2.75. The van der Waals surface area contributed by atoms with Crippen LogP contribution in [-0.2, 0) is 11.4 Å². The minimum atomic E-state index is -0.721. The topological polar surface area (TPSA) is 58.6 Å². The molecule has 2 aromatic carbocycles. The minimum Gasteiger partial charge on any atom is -0.489 e. The van der Waals surface area contributed by atoms with E-state index >= 15 is 0 Å². The predicted molar refractivity (Wildman–Crippen MR) is 106 cm³/mol. The summed E-state index contributed by atoms with van der Waals surface area (Å²) in [7, 11) is 0. The number of carboxylic acid groups (broad SMARTS) is 1. The molecular formula is C22H27NO3. The van der Waals surface area contributed by atoms with E-state index in [0.29, 0.717) is 6.61 Å². The molecule has 2 aromatic rings. The van der Waals surface area contributed by atoms with Gasteiger partial charge in [-0.15, -0.1) is 0 Å². The Labute approximate surface area is 155 Å². The lowest BCUT2D eigenvalue weighted by atomic mass is 10.1. The van der Waals surface area contributed by atoms with Gasteiger partial charge in [0.1, 0.15) is 12.4 Å². The summed E-state index contributed by atoms with van der Waals surface area (Å²) in [5.74, 6) is 0.121. The molecule has 0 aliphatic carbocycles. The molecule has 4 heteroatoms. The van der Waals surface area contributed by atoms with Gasteiger partial charge in [0.2, 0.25) is 0 Å². The van der Waals surface area contributed by atoms with Gasteiger partial charge in [0.25, 0.3) is 0 Å². The van der Waals surface area contributed by atoms with Crippen LogP contribution in [0.2, 0.25) is 0 Å². The number of benzene rings is 2. The Bertz CT molecular complexity index is 710. The Morgan fingerprint density at radius 1 is 1.12 bits per heavy atom. The van der Waals surface area contributed by atoms with Crippen LogP contribution in [0.25, 0.3) is 0 Å². The number of ether oxygens (including phenoxy) is 1. The molecule has 0 amide bonds. The molecule has 0 atom stereocenters. The maximum absolute atomic E-state index is 10.5. The van der Waals surface area contributed by atoms with E-state index in [-0.39, 0.29) is 6.42 Å². The monoisotopic (exact) mass is 353 g/mol. The Kier molecular flexibility index (Phi) is 8.27. The molecule has 0 heterocycles. The van der Waals surface area contributed by atoms with E-state index in [9.17, 15) is 4.79 Å². The van der Waals surface area contributed by atoms with Gasteiger partial charge in [-0.05, 0) is 43.9 Å². The molecule has 0 aliphatic rings. The van der Waals surface area contributed by atoms with Gasteiger partial charge in [-0.1, -0.05) is 48.0 Å². The van der Waals surface area contributed by atoms with Crippen molar-refractivity contribution in [1.29, 1.82) is 0 Å². The summed E-state index contributed by atoms with van der Waals surface area (Å²) in [6.45, 7) is 3.40. The van der Waals surface area contributed by atoms with Crippen LogP contribution in [0, 0.1) is 0 Å². The molecular weight excluding hydrogens is 326 g/mol. The molecule has 0 bridgehead atoms. The minimum absolute atomic E-state index is 0.251. The number of nitrogens with one attached hydrogen (secondary N) is 1. The summed E-state index contributed by atoms with van der Waals surface area (Å²) in [6, 6.07) is 18.1. The molecule has 0 unspecified atom stereocenters. The molecule has 0 saturated heterocycles. The van der Waals surface area contributed by atoms with Crippen molar-refractivity contribution in [1.82, 2.24) is 0 Å². The first kappa shape index (κ1) is 19.6. The van der Waals surface area contributed by atoms with Crippen LogP contribution < -0.4 is 10.1 Å². The molecule has 0 aromatic heterocycles. The maximum Gasteiger partial charge on any atom is 0.303 e. The first-order chi connectivity index (χ1) is 12.6. The highest BCUT2D eigenvalue weighted by Gasteiger charge is 1.99. The number of hydrogen-bond donors (Lipinski definition) is 2. The zero-order valence-electron chi connectivity index (χ0n) is 15.3. The number of rotatable bonds is 11. The second-order valence-electron chi connectivity index (χ2n) is 6.35. The number of anilines is 1. The molecule has 138 valence electrons. The average molecular weight is 353 g/mol. The highest BCUT2D eigenvalue weighted by molar-refractivity contribution is 5.66. The second kappa shape index (κ2) is 11.0. The summed E-state index contributed by atoms with van der Waals surface area (Å²) in [6.07, 6.45) is 4.98. The van der Waals surface area contributed by atoms with Crippen molar-refractivity contribution in [3.05, 3.63) is 71.8 Å². The van der Waals surface area contributed by atoms with E-state index in [2.05, 4.69) is 18.3 Å². The fourth-order valence-electron chi connectivity index (χ4n) is 2.52. The highest BCUT2D eigenvalue weighted by atomic mass is 16.5. The number of aliphatic carboxylic acids is 1. The van der Waals surface area contributed by atoms with Crippen molar-refractivity contribution in [2.75, 3.05) is 11.9 Å². The van der Waals surface area contributed by atoms with Gasteiger partial charge >= 0.3 is 5.97 Å². The summed E-state index contributed by atoms with van der Waals surface area (Å²) < 4.78 is 5.85. The zero-order chi connectivity index (χ0) is 18.6. The van der Waals surface area contributed by atoms with Crippen LogP contribution in [0.5, 0.6) is 5.75 Å². The van der Waals surface area contributed by atoms with Gasteiger partial charge < -0.3 is 15.2 Å². The molecule has 2 rings (SSSR count). The zero-order valence-corrected chi connectivity index (χ0v) is 15.3. The van der Waals surface area contributed by atoms with Crippen molar-refractivity contribution >= 4 is 11.7 Å². The second-order valence-corrected chi connectivity index (χ2v) is 6.35. The SMILES string of the molecule is CC(=CCCCCC(=O)O)CNc1cccc(OCc2ccccc2)c1. The third kappa shape index (κ3) is 7.88. The van der Waals surface area contributed by atoms with Crippen LogP contribution in [-0.4, -0.2) is 17.6 Å². The lowest BCUT2D eigenvalue weighted by Gasteiger charge is -2.10. The third-order valence-corrected chi connectivity index (χ3v) is 3.99. The van der Waals surface area contributed by atoms with Crippen molar-refractivity contribution in [3.8, 4) is 5.75 Å². The van der Waals surface area contributed by atoms with Gasteiger partial charge in [0.05, 0.1) is 0 Å². The average Bonchev–Trinajstić information content (AvgIpc) is 2.65. The number of unbranched alkanes of at least 4 members (excludes halogenated alkanes) is 2. The van der Waals surface area contributed by atoms with E-state index in [1.165, 1.54) is 5.57 Å². The third-order valence-electron chi connectivity index (χ3n) is 3.99. The fraction of sp³-hybridized carbons (Fsp3) is 0.318. The van der Waals surface area contributed by atoms with Crippen LogP contribution in [0.1, 0.15) is 38.2 Å². The molecule has 4 nitrogen and oxygen atoms in total. The van der Waals surface area contributed by atoms with Crippen molar-refractivity contribution in [3.63, 3.8) is 0 Å². The van der Waals surface area contributed by atoms with Gasteiger partial charge in [-0.25, -0.2) is 0 Å². The quantitative estimate of drug-likeness (QED) is 0.427. The van der Waals surface area contributed by atoms with Crippen molar-refractivity contribution in [2.45, 2.75) is 39.2 Å². The number of carbonyl (C=O) groups is 1. The number of hydrogen-bond acceptors (Lipinski definition) is 3. The largest absolute Gasteiger partial charge is 0.489 e. The molecule has 0 aliphatic heterocycles. The van der Waals surface area contributed by atoms with Crippen LogP contribution in [0.15, 0.2) is 66.2 Å². The van der Waals surface area contributed by atoms with Crippen molar-refractivity contribution < 1.29 is 14.6 Å². The Balaban J connectivity index is 1.74. The highest BCUT2D eigenvalue weighted by Crippen LogP contribution is 2.19. The van der Waals surface area contributed by atoms with E-state index in [1.54, 1.807) is 0 Å². The van der Waals surface area contributed by atoms with E-state index < -0.39 is 5.97 Å². The van der Waals surface area contributed by atoms with Gasteiger partial charge in [0.15, 0.2) is 0 Å². The molecule has 0 spiro atoms. The van der Waals surface area contributed by atoms with Crippen LogP contribution >= 0.6 is 0 Å². The lowest BCUT2D eigenvalue weighted by Crippen LogP contribution is -2.03.